The summed E-state index contributed by atoms with van der Waals surface area (Å²) in [6.07, 6.45) is 7.92. The Morgan fingerprint density at radius 1 is 1.29 bits per heavy atom. The van der Waals surface area contributed by atoms with E-state index in [2.05, 4.69) is 31.7 Å². The number of pyridine rings is 2. The van der Waals surface area contributed by atoms with Crippen LogP contribution < -0.4 is 15.4 Å². The van der Waals surface area contributed by atoms with Crippen LogP contribution in [-0.2, 0) is 11.3 Å². The van der Waals surface area contributed by atoms with Crippen LogP contribution in [0.15, 0.2) is 30.6 Å². The average molecular weight is 377 g/mol. The van der Waals surface area contributed by atoms with Gasteiger partial charge in [0, 0.05) is 30.2 Å². The SMILES string of the molecule is CNCc1cnc(NC(=O)C2CC2)c2[nH]c(-c3cccnc3OC3CC3)cc12. The summed E-state index contributed by atoms with van der Waals surface area (Å²) in [6, 6.07) is 6.00. The molecule has 3 aromatic rings. The lowest BCUT2D eigenvalue weighted by molar-refractivity contribution is -0.117. The fraction of sp³-hybridized carbons (Fsp3) is 0.381. The molecule has 7 heteroatoms. The highest BCUT2D eigenvalue weighted by Crippen LogP contribution is 2.36. The zero-order chi connectivity index (χ0) is 19.1. The van der Waals surface area contributed by atoms with Crippen molar-refractivity contribution in [2.75, 3.05) is 12.4 Å². The van der Waals surface area contributed by atoms with E-state index < -0.39 is 0 Å². The van der Waals surface area contributed by atoms with Crippen molar-refractivity contribution in [2.24, 2.45) is 5.92 Å². The number of H-pyrrole nitrogens is 1. The number of amides is 1. The van der Waals surface area contributed by atoms with Crippen LogP contribution in [0.1, 0.15) is 31.2 Å². The lowest BCUT2D eigenvalue weighted by atomic mass is 10.1. The molecule has 5 rings (SSSR count). The summed E-state index contributed by atoms with van der Waals surface area (Å²) in [6.45, 7) is 0.691. The van der Waals surface area contributed by atoms with Gasteiger partial charge in [-0.1, -0.05) is 0 Å². The first-order chi connectivity index (χ1) is 13.7. The zero-order valence-electron chi connectivity index (χ0n) is 15.8. The summed E-state index contributed by atoms with van der Waals surface area (Å²) in [4.78, 5) is 24.7. The van der Waals surface area contributed by atoms with Gasteiger partial charge in [-0.2, -0.15) is 0 Å². The summed E-state index contributed by atoms with van der Waals surface area (Å²) >= 11 is 0. The molecule has 0 aromatic carbocycles. The Morgan fingerprint density at radius 3 is 2.89 bits per heavy atom. The standard InChI is InChI=1S/C21H23N5O2/c1-22-10-13-11-24-19(26-20(27)12-4-5-12)18-16(13)9-17(25-18)15-3-2-8-23-21(15)28-14-6-7-14/h2-3,8-9,11-12,14,22,25H,4-7,10H2,1H3,(H,24,26,27). The predicted octanol–water partition coefficient (Wildman–Crippen LogP) is 3.23. The Kier molecular flexibility index (Phi) is 4.24. The smallest absolute Gasteiger partial charge is 0.228 e. The molecular weight excluding hydrogens is 354 g/mol. The van der Waals surface area contributed by atoms with E-state index in [1.807, 2.05) is 25.4 Å². The Balaban J connectivity index is 1.58. The first-order valence-electron chi connectivity index (χ1n) is 9.81. The van der Waals surface area contributed by atoms with Crippen molar-refractivity contribution in [3.63, 3.8) is 0 Å². The minimum atomic E-state index is 0.0467. The number of hydrogen-bond acceptors (Lipinski definition) is 5. The molecule has 28 heavy (non-hydrogen) atoms. The van der Waals surface area contributed by atoms with E-state index in [9.17, 15) is 4.79 Å². The molecule has 144 valence electrons. The molecule has 2 aliphatic carbocycles. The largest absolute Gasteiger partial charge is 0.474 e. The highest BCUT2D eigenvalue weighted by atomic mass is 16.5. The first kappa shape index (κ1) is 17.2. The molecular formula is C21H23N5O2. The molecule has 0 atom stereocenters. The monoisotopic (exact) mass is 377 g/mol. The van der Waals surface area contributed by atoms with Gasteiger partial charge < -0.3 is 20.4 Å². The average Bonchev–Trinajstić information content (AvgIpc) is 3.62. The van der Waals surface area contributed by atoms with Gasteiger partial charge in [0.25, 0.3) is 0 Å². The van der Waals surface area contributed by atoms with Gasteiger partial charge in [0.05, 0.1) is 16.8 Å². The molecule has 0 radical (unpaired) electrons. The van der Waals surface area contributed by atoms with Gasteiger partial charge in [0.15, 0.2) is 5.82 Å². The molecule has 0 spiro atoms. The Labute approximate surface area is 162 Å². The summed E-state index contributed by atoms with van der Waals surface area (Å²) in [5.74, 6) is 1.39. The summed E-state index contributed by atoms with van der Waals surface area (Å²) in [5, 5.41) is 7.20. The Hall–Kier alpha value is -2.93. The fourth-order valence-corrected chi connectivity index (χ4v) is 3.34. The van der Waals surface area contributed by atoms with Crippen LogP contribution in [-0.4, -0.2) is 34.0 Å². The van der Waals surface area contributed by atoms with E-state index >= 15 is 0 Å². The van der Waals surface area contributed by atoms with Crippen molar-refractivity contribution < 1.29 is 9.53 Å². The third-order valence-corrected chi connectivity index (χ3v) is 5.17. The molecule has 0 unspecified atom stereocenters. The second kappa shape index (κ2) is 6.91. The third kappa shape index (κ3) is 3.33. The number of aromatic amines is 1. The molecule has 7 nitrogen and oxygen atoms in total. The fourth-order valence-electron chi connectivity index (χ4n) is 3.34. The van der Waals surface area contributed by atoms with Crippen LogP contribution in [0.4, 0.5) is 5.82 Å². The number of aromatic nitrogens is 3. The number of nitrogens with zero attached hydrogens (tertiary/aromatic N) is 2. The normalized spacial score (nSPS) is 16.3. The molecule has 0 bridgehead atoms. The first-order valence-corrected chi connectivity index (χ1v) is 9.81. The molecule has 3 N–H and O–H groups in total. The topological polar surface area (TPSA) is 91.9 Å². The third-order valence-electron chi connectivity index (χ3n) is 5.17. The van der Waals surface area contributed by atoms with Gasteiger partial charge in [-0.15, -0.1) is 0 Å². The van der Waals surface area contributed by atoms with Gasteiger partial charge >= 0.3 is 0 Å². The second-order valence-corrected chi connectivity index (χ2v) is 7.57. The number of carbonyl (C=O) groups is 1. The highest BCUT2D eigenvalue weighted by Gasteiger charge is 2.30. The lowest BCUT2D eigenvalue weighted by Gasteiger charge is -2.08. The quantitative estimate of drug-likeness (QED) is 0.588. The van der Waals surface area contributed by atoms with E-state index in [-0.39, 0.29) is 17.9 Å². The van der Waals surface area contributed by atoms with Crippen molar-refractivity contribution in [1.29, 1.82) is 0 Å². The predicted molar refractivity (Wildman–Crippen MR) is 107 cm³/mol. The van der Waals surface area contributed by atoms with Crippen LogP contribution in [0, 0.1) is 5.92 Å². The maximum Gasteiger partial charge on any atom is 0.228 e. The van der Waals surface area contributed by atoms with E-state index in [4.69, 9.17) is 4.74 Å². The minimum Gasteiger partial charge on any atom is -0.474 e. The van der Waals surface area contributed by atoms with Crippen LogP contribution in [0.5, 0.6) is 5.88 Å². The number of anilines is 1. The minimum absolute atomic E-state index is 0.0467. The van der Waals surface area contributed by atoms with Crippen LogP contribution in [0.2, 0.25) is 0 Å². The lowest BCUT2D eigenvalue weighted by Crippen LogP contribution is -2.15. The number of fused-ring (bicyclic) bond motifs is 1. The summed E-state index contributed by atoms with van der Waals surface area (Å²) < 4.78 is 5.99. The van der Waals surface area contributed by atoms with E-state index in [0.717, 1.165) is 53.4 Å². The van der Waals surface area contributed by atoms with Crippen molar-refractivity contribution in [3.05, 3.63) is 36.2 Å². The van der Waals surface area contributed by atoms with E-state index in [1.165, 1.54) is 0 Å². The van der Waals surface area contributed by atoms with Gasteiger partial charge in [0.1, 0.15) is 6.10 Å². The van der Waals surface area contributed by atoms with Gasteiger partial charge in [-0.3, -0.25) is 4.79 Å². The number of hydrogen-bond donors (Lipinski definition) is 3. The number of nitrogens with one attached hydrogen (secondary N) is 3. The molecule has 0 aliphatic heterocycles. The van der Waals surface area contributed by atoms with Gasteiger partial charge in [-0.25, -0.2) is 9.97 Å². The molecule has 3 aromatic heterocycles. The maximum atomic E-state index is 12.3. The van der Waals surface area contributed by atoms with Crippen molar-refractivity contribution in [3.8, 4) is 17.1 Å². The number of rotatable bonds is 7. The molecule has 0 saturated heterocycles. The van der Waals surface area contributed by atoms with Crippen LogP contribution in [0.25, 0.3) is 22.2 Å². The Morgan fingerprint density at radius 2 is 2.14 bits per heavy atom. The zero-order valence-corrected chi connectivity index (χ0v) is 15.8. The number of carbonyl (C=O) groups excluding carboxylic acids is 1. The Bertz CT molecular complexity index is 1040. The maximum absolute atomic E-state index is 12.3. The van der Waals surface area contributed by atoms with Crippen molar-refractivity contribution in [1.82, 2.24) is 20.3 Å². The second-order valence-electron chi connectivity index (χ2n) is 7.57. The van der Waals surface area contributed by atoms with Crippen LogP contribution >= 0.6 is 0 Å². The molecule has 1 amide bonds. The van der Waals surface area contributed by atoms with Crippen LogP contribution in [0.3, 0.4) is 0 Å². The van der Waals surface area contributed by atoms with Gasteiger partial charge in [0.2, 0.25) is 11.8 Å². The van der Waals surface area contributed by atoms with Crippen molar-refractivity contribution >= 4 is 22.6 Å². The molecule has 3 heterocycles. The van der Waals surface area contributed by atoms with E-state index in [0.29, 0.717) is 18.2 Å². The summed E-state index contributed by atoms with van der Waals surface area (Å²) in [5.41, 5.74) is 3.72. The summed E-state index contributed by atoms with van der Waals surface area (Å²) in [7, 11) is 1.91. The molecule has 2 saturated carbocycles. The van der Waals surface area contributed by atoms with E-state index in [1.54, 1.807) is 6.20 Å². The highest BCUT2D eigenvalue weighted by molar-refractivity contribution is 6.02. The molecule has 2 fully saturated rings. The van der Waals surface area contributed by atoms with Gasteiger partial charge in [-0.05, 0) is 56.5 Å². The molecule has 2 aliphatic rings. The number of ether oxygens (including phenoxy) is 1. The van der Waals surface area contributed by atoms with Crippen molar-refractivity contribution in [2.45, 2.75) is 38.3 Å².